The summed E-state index contributed by atoms with van der Waals surface area (Å²) in [5.74, 6) is 1.40. The Balaban J connectivity index is 1.72. The van der Waals surface area contributed by atoms with Crippen LogP contribution in [0, 0.1) is 13.8 Å². The Hall–Kier alpha value is -2.62. The molecule has 0 radical (unpaired) electrons. The monoisotopic (exact) mass is 361 g/mol. The molecule has 0 aliphatic carbocycles. The van der Waals surface area contributed by atoms with E-state index in [0.717, 1.165) is 47.5 Å². The highest BCUT2D eigenvalue weighted by molar-refractivity contribution is 5.98. The Kier molecular flexibility index (Phi) is 4.73. The molecule has 4 heteroatoms. The summed E-state index contributed by atoms with van der Waals surface area (Å²) >= 11 is 0. The number of amides is 1. The zero-order valence-corrected chi connectivity index (χ0v) is 16.4. The van der Waals surface area contributed by atoms with E-state index in [9.17, 15) is 4.79 Å². The molecule has 1 amide bonds. The van der Waals surface area contributed by atoms with Crippen molar-refractivity contribution in [1.29, 1.82) is 0 Å². The number of unbranched alkanes of at least 4 members (excludes halogenated alkanes) is 1. The molecule has 0 N–H and O–H groups in total. The van der Waals surface area contributed by atoms with Gasteiger partial charge in [-0.2, -0.15) is 0 Å². The number of carbonyl (C=O) groups excluding carboxylic acids is 1. The molecule has 1 aliphatic rings. The van der Waals surface area contributed by atoms with Crippen molar-refractivity contribution in [1.82, 2.24) is 9.55 Å². The molecule has 0 bridgehead atoms. The second kappa shape index (κ2) is 7.18. The van der Waals surface area contributed by atoms with Crippen molar-refractivity contribution < 1.29 is 4.79 Å². The maximum absolute atomic E-state index is 12.9. The summed E-state index contributed by atoms with van der Waals surface area (Å²) in [6, 6.07) is 14.5. The van der Waals surface area contributed by atoms with E-state index in [4.69, 9.17) is 4.98 Å². The molecular weight excluding hydrogens is 334 g/mol. The fourth-order valence-electron chi connectivity index (χ4n) is 4.29. The molecule has 4 nitrogen and oxygen atoms in total. The van der Waals surface area contributed by atoms with E-state index in [1.165, 1.54) is 5.52 Å². The second-order valence-electron chi connectivity index (χ2n) is 7.61. The first-order valence-corrected chi connectivity index (χ1v) is 9.92. The Morgan fingerprint density at radius 2 is 1.81 bits per heavy atom. The van der Waals surface area contributed by atoms with E-state index in [2.05, 4.69) is 61.7 Å². The maximum Gasteiger partial charge on any atom is 0.227 e. The lowest BCUT2D eigenvalue weighted by atomic mass is 10.1. The average Bonchev–Trinajstić information content (AvgIpc) is 3.21. The largest absolute Gasteiger partial charge is 0.328 e. The average molecular weight is 361 g/mol. The fourth-order valence-corrected chi connectivity index (χ4v) is 4.29. The molecule has 27 heavy (non-hydrogen) atoms. The van der Waals surface area contributed by atoms with Gasteiger partial charge in [0.25, 0.3) is 0 Å². The first kappa shape index (κ1) is 17.8. The number of hydrogen-bond acceptors (Lipinski definition) is 2. The maximum atomic E-state index is 12.9. The Morgan fingerprint density at radius 3 is 2.56 bits per heavy atom. The lowest BCUT2D eigenvalue weighted by Crippen LogP contribution is -2.26. The van der Waals surface area contributed by atoms with Crippen molar-refractivity contribution >= 4 is 22.6 Å². The molecule has 1 aromatic heterocycles. The zero-order chi connectivity index (χ0) is 19.0. The number of aromatic nitrogens is 2. The van der Waals surface area contributed by atoms with Gasteiger partial charge in [0.15, 0.2) is 0 Å². The summed E-state index contributed by atoms with van der Waals surface area (Å²) < 4.78 is 2.34. The topological polar surface area (TPSA) is 38.1 Å². The minimum absolute atomic E-state index is 0.140. The number of aryl methyl sites for hydroxylation is 3. The van der Waals surface area contributed by atoms with Crippen LogP contribution in [-0.4, -0.2) is 22.0 Å². The highest BCUT2D eigenvalue weighted by Crippen LogP contribution is 2.36. The molecule has 0 saturated carbocycles. The molecule has 1 fully saturated rings. The van der Waals surface area contributed by atoms with Crippen LogP contribution in [0.1, 0.15) is 49.1 Å². The van der Waals surface area contributed by atoms with Crippen LogP contribution in [0.15, 0.2) is 42.5 Å². The number of imidazole rings is 1. The highest BCUT2D eigenvalue weighted by atomic mass is 16.2. The molecule has 3 aromatic rings. The standard InChI is InChI=1S/C23H27N3O/c1-4-5-13-25-20-12-7-6-11-19(20)24-23(25)18-14-21(27)26(15-18)22-16(2)9-8-10-17(22)3/h6-12,18H,4-5,13-15H2,1-3H3/t18-/m0/s1. The van der Waals surface area contributed by atoms with Crippen LogP contribution in [0.3, 0.4) is 0 Å². The van der Waals surface area contributed by atoms with Crippen molar-refractivity contribution in [2.45, 2.75) is 52.5 Å². The highest BCUT2D eigenvalue weighted by Gasteiger charge is 2.35. The van der Waals surface area contributed by atoms with E-state index in [-0.39, 0.29) is 11.8 Å². The molecule has 140 valence electrons. The normalized spacial score (nSPS) is 17.2. The molecule has 0 spiro atoms. The number of carbonyl (C=O) groups is 1. The molecule has 1 atom stereocenters. The van der Waals surface area contributed by atoms with Crippen LogP contribution in [-0.2, 0) is 11.3 Å². The minimum Gasteiger partial charge on any atom is -0.328 e. The Bertz CT molecular complexity index is 968. The SMILES string of the molecule is CCCCn1c([C@H]2CC(=O)N(c3c(C)cccc3C)C2)nc2ccccc21. The van der Waals surface area contributed by atoms with E-state index in [1.807, 2.05) is 11.0 Å². The fraction of sp³-hybridized carbons (Fsp3) is 0.391. The predicted octanol–water partition coefficient (Wildman–Crippen LogP) is 4.97. The third-order valence-corrected chi connectivity index (χ3v) is 5.62. The van der Waals surface area contributed by atoms with Gasteiger partial charge in [-0.25, -0.2) is 4.98 Å². The Morgan fingerprint density at radius 1 is 1.07 bits per heavy atom. The van der Waals surface area contributed by atoms with Crippen LogP contribution in [0.2, 0.25) is 0 Å². The molecule has 4 rings (SSSR count). The number of benzene rings is 2. The number of nitrogens with zero attached hydrogens (tertiary/aromatic N) is 3. The minimum atomic E-state index is 0.140. The van der Waals surface area contributed by atoms with Gasteiger partial charge in [-0.1, -0.05) is 43.7 Å². The number of rotatable bonds is 5. The van der Waals surface area contributed by atoms with Crippen molar-refractivity contribution in [3.05, 3.63) is 59.4 Å². The summed E-state index contributed by atoms with van der Waals surface area (Å²) in [5.41, 5.74) is 5.59. The molecule has 1 saturated heterocycles. The second-order valence-corrected chi connectivity index (χ2v) is 7.61. The Labute approximate surface area is 160 Å². The summed E-state index contributed by atoms with van der Waals surface area (Å²) in [6.07, 6.45) is 2.79. The number of para-hydroxylation sites is 3. The van der Waals surface area contributed by atoms with Gasteiger partial charge in [-0.05, 0) is 43.5 Å². The lowest BCUT2D eigenvalue weighted by molar-refractivity contribution is -0.117. The summed E-state index contributed by atoms with van der Waals surface area (Å²) in [4.78, 5) is 19.8. The third kappa shape index (κ3) is 3.14. The lowest BCUT2D eigenvalue weighted by Gasteiger charge is -2.21. The van der Waals surface area contributed by atoms with Crippen molar-refractivity contribution in [2.75, 3.05) is 11.4 Å². The van der Waals surface area contributed by atoms with Gasteiger partial charge in [0.2, 0.25) is 5.91 Å². The van der Waals surface area contributed by atoms with Gasteiger partial charge in [-0.15, -0.1) is 0 Å². The van der Waals surface area contributed by atoms with Gasteiger partial charge in [0, 0.05) is 31.1 Å². The summed E-state index contributed by atoms with van der Waals surface area (Å²) in [7, 11) is 0. The first-order valence-electron chi connectivity index (χ1n) is 9.92. The van der Waals surface area contributed by atoms with Gasteiger partial charge in [0.05, 0.1) is 11.0 Å². The van der Waals surface area contributed by atoms with Gasteiger partial charge in [0.1, 0.15) is 5.82 Å². The van der Waals surface area contributed by atoms with Crippen LogP contribution in [0.5, 0.6) is 0 Å². The van der Waals surface area contributed by atoms with E-state index < -0.39 is 0 Å². The predicted molar refractivity (Wildman–Crippen MR) is 110 cm³/mol. The van der Waals surface area contributed by atoms with Gasteiger partial charge in [-0.3, -0.25) is 4.79 Å². The van der Waals surface area contributed by atoms with Crippen LogP contribution >= 0.6 is 0 Å². The molecule has 1 aliphatic heterocycles. The molecular formula is C23H27N3O. The smallest absolute Gasteiger partial charge is 0.227 e. The quantitative estimate of drug-likeness (QED) is 0.643. The molecule has 2 aromatic carbocycles. The van der Waals surface area contributed by atoms with Gasteiger partial charge < -0.3 is 9.47 Å². The summed E-state index contributed by atoms with van der Waals surface area (Å²) in [5, 5.41) is 0. The van der Waals surface area contributed by atoms with E-state index in [1.54, 1.807) is 0 Å². The first-order chi connectivity index (χ1) is 13.1. The zero-order valence-electron chi connectivity index (χ0n) is 16.4. The molecule has 0 unspecified atom stereocenters. The van der Waals surface area contributed by atoms with Crippen LogP contribution < -0.4 is 4.90 Å². The van der Waals surface area contributed by atoms with Crippen LogP contribution in [0.4, 0.5) is 5.69 Å². The number of fused-ring (bicyclic) bond motifs is 1. The summed E-state index contributed by atoms with van der Waals surface area (Å²) in [6.45, 7) is 8.04. The van der Waals surface area contributed by atoms with Crippen molar-refractivity contribution in [3.8, 4) is 0 Å². The molecule has 2 heterocycles. The third-order valence-electron chi connectivity index (χ3n) is 5.62. The van der Waals surface area contributed by atoms with Crippen molar-refractivity contribution in [3.63, 3.8) is 0 Å². The van der Waals surface area contributed by atoms with E-state index in [0.29, 0.717) is 13.0 Å². The van der Waals surface area contributed by atoms with Crippen LogP contribution in [0.25, 0.3) is 11.0 Å². The number of anilines is 1. The van der Waals surface area contributed by atoms with Crippen molar-refractivity contribution in [2.24, 2.45) is 0 Å². The number of hydrogen-bond donors (Lipinski definition) is 0. The van der Waals surface area contributed by atoms with E-state index >= 15 is 0 Å². The van der Waals surface area contributed by atoms with Gasteiger partial charge >= 0.3 is 0 Å².